The molecule has 0 amide bonds. The van der Waals surface area contributed by atoms with Gasteiger partial charge in [0.1, 0.15) is 0 Å². The van der Waals surface area contributed by atoms with Gasteiger partial charge in [0.25, 0.3) is 0 Å². The maximum absolute atomic E-state index is 10.4. The maximum atomic E-state index is 10.4. The fraction of sp³-hybridized carbons (Fsp3) is 0.308. The van der Waals surface area contributed by atoms with Crippen molar-refractivity contribution in [2.45, 2.75) is 12.8 Å². The van der Waals surface area contributed by atoms with Crippen molar-refractivity contribution in [1.82, 2.24) is 0 Å². The lowest BCUT2D eigenvalue weighted by Crippen LogP contribution is -2.02. The largest absolute Gasteiger partial charge is 0.463 e. The van der Waals surface area contributed by atoms with Gasteiger partial charge < -0.3 is 15.6 Å². The van der Waals surface area contributed by atoms with Crippen LogP contribution in [0.2, 0.25) is 0 Å². The lowest BCUT2D eigenvalue weighted by atomic mass is 10.3. The molecule has 3 N–H and O–H groups in total. The van der Waals surface area contributed by atoms with Gasteiger partial charge in [0.15, 0.2) is 0 Å². The molecule has 0 atom stereocenters. The number of hydrogen-bond acceptors (Lipinski definition) is 4. The first-order valence-corrected chi connectivity index (χ1v) is 5.41. The Bertz CT molecular complexity index is 312. The molecule has 4 nitrogen and oxygen atoms in total. The van der Waals surface area contributed by atoms with E-state index in [1.165, 1.54) is 0 Å². The number of carbonyl (C=O) groups is 1. The van der Waals surface area contributed by atoms with E-state index in [0.29, 0.717) is 19.4 Å². The van der Waals surface area contributed by atoms with E-state index in [4.69, 9.17) is 10.8 Å². The molecule has 4 heteroatoms. The van der Waals surface area contributed by atoms with E-state index in [1.807, 2.05) is 30.3 Å². The molecule has 0 unspecified atom stereocenters. The van der Waals surface area contributed by atoms with Crippen molar-refractivity contribution in [3.8, 4) is 0 Å². The number of carbonyl (C=O) groups excluding carboxylic acids is 1. The van der Waals surface area contributed by atoms with Crippen LogP contribution >= 0.6 is 0 Å². The molecule has 1 aromatic carbocycles. The highest BCUT2D eigenvalue weighted by Gasteiger charge is 1.92. The van der Waals surface area contributed by atoms with Crippen molar-refractivity contribution in [3.05, 3.63) is 43.0 Å². The molecule has 0 bridgehead atoms. The van der Waals surface area contributed by atoms with Gasteiger partial charge in [-0.15, -0.1) is 0 Å². The number of esters is 1. The van der Waals surface area contributed by atoms with Crippen LogP contribution < -0.4 is 5.73 Å². The summed E-state index contributed by atoms with van der Waals surface area (Å²) in [7, 11) is 0. The second kappa shape index (κ2) is 10.7. The maximum Gasteiger partial charge on any atom is 0.330 e. The van der Waals surface area contributed by atoms with Crippen LogP contribution in [0.3, 0.4) is 0 Å². The van der Waals surface area contributed by atoms with Crippen molar-refractivity contribution in [3.63, 3.8) is 0 Å². The molecule has 0 aliphatic heterocycles. The Balaban J connectivity index is 0.000000318. The molecule has 1 aromatic rings. The minimum atomic E-state index is -0.405. The van der Waals surface area contributed by atoms with E-state index < -0.39 is 5.97 Å². The van der Waals surface area contributed by atoms with Gasteiger partial charge in [-0.25, -0.2) is 4.79 Å². The Morgan fingerprint density at radius 3 is 2.41 bits per heavy atom. The Labute approximate surface area is 102 Å². The lowest BCUT2D eigenvalue weighted by Gasteiger charge is -1.98. The van der Waals surface area contributed by atoms with E-state index in [-0.39, 0.29) is 6.61 Å². The second-order valence-electron chi connectivity index (χ2n) is 3.21. The number of aliphatic hydroxyl groups excluding tert-OH is 1. The highest BCUT2D eigenvalue weighted by atomic mass is 16.5. The normalized spacial score (nSPS) is 8.76. The quantitative estimate of drug-likeness (QED) is 0.354. The fourth-order valence-corrected chi connectivity index (χ4v) is 0.899. The van der Waals surface area contributed by atoms with Crippen LogP contribution in [0.4, 0.5) is 5.69 Å². The molecular formula is C13H19NO3. The molecule has 0 saturated carbocycles. The van der Waals surface area contributed by atoms with Gasteiger partial charge in [-0.05, 0) is 25.0 Å². The first-order valence-electron chi connectivity index (χ1n) is 5.41. The van der Waals surface area contributed by atoms with Crippen molar-refractivity contribution < 1.29 is 14.6 Å². The van der Waals surface area contributed by atoms with E-state index in [0.717, 1.165) is 11.8 Å². The summed E-state index contributed by atoms with van der Waals surface area (Å²) in [6.45, 7) is 3.75. The average molecular weight is 237 g/mol. The number of aliphatic hydroxyl groups is 1. The number of benzene rings is 1. The predicted molar refractivity (Wildman–Crippen MR) is 68.3 cm³/mol. The summed E-state index contributed by atoms with van der Waals surface area (Å²) >= 11 is 0. The Morgan fingerprint density at radius 2 is 2.00 bits per heavy atom. The summed E-state index contributed by atoms with van der Waals surface area (Å²) in [5.74, 6) is -0.405. The first kappa shape index (κ1) is 15.2. The van der Waals surface area contributed by atoms with E-state index >= 15 is 0 Å². The van der Waals surface area contributed by atoms with Gasteiger partial charge in [0.05, 0.1) is 6.61 Å². The van der Waals surface area contributed by atoms with Gasteiger partial charge in [0, 0.05) is 18.4 Å². The van der Waals surface area contributed by atoms with Crippen molar-refractivity contribution >= 4 is 11.7 Å². The SMILES string of the molecule is C=CC(=O)OCCCCO.Nc1ccccc1. The molecular weight excluding hydrogens is 218 g/mol. The third kappa shape index (κ3) is 10.5. The van der Waals surface area contributed by atoms with Crippen LogP contribution in [-0.2, 0) is 9.53 Å². The summed E-state index contributed by atoms with van der Waals surface area (Å²) in [4.78, 5) is 10.4. The van der Waals surface area contributed by atoms with E-state index in [9.17, 15) is 4.79 Å². The Kier molecular flexibility index (Phi) is 9.56. The summed E-state index contributed by atoms with van der Waals surface area (Å²) in [5, 5.41) is 8.33. The summed E-state index contributed by atoms with van der Waals surface area (Å²) in [6.07, 6.45) is 2.50. The molecule has 0 aliphatic rings. The Hall–Kier alpha value is -1.81. The summed E-state index contributed by atoms with van der Waals surface area (Å²) < 4.78 is 4.63. The number of nitrogens with two attached hydrogens (primary N) is 1. The minimum Gasteiger partial charge on any atom is -0.463 e. The third-order valence-electron chi connectivity index (χ3n) is 1.76. The van der Waals surface area contributed by atoms with Gasteiger partial charge in [-0.3, -0.25) is 0 Å². The molecule has 0 spiro atoms. The van der Waals surface area contributed by atoms with Gasteiger partial charge in [0.2, 0.25) is 0 Å². The van der Waals surface area contributed by atoms with Gasteiger partial charge in [-0.2, -0.15) is 0 Å². The molecule has 0 aromatic heterocycles. The molecule has 0 radical (unpaired) electrons. The molecule has 1 rings (SSSR count). The lowest BCUT2D eigenvalue weighted by molar-refractivity contribution is -0.137. The highest BCUT2D eigenvalue weighted by molar-refractivity contribution is 5.81. The van der Waals surface area contributed by atoms with Crippen LogP contribution in [0.1, 0.15) is 12.8 Å². The smallest absolute Gasteiger partial charge is 0.330 e. The predicted octanol–water partition coefficient (Wildman–Crippen LogP) is 1.76. The van der Waals surface area contributed by atoms with Crippen molar-refractivity contribution in [2.24, 2.45) is 0 Å². The number of hydrogen-bond donors (Lipinski definition) is 2. The van der Waals surface area contributed by atoms with Crippen LogP contribution in [0, 0.1) is 0 Å². The zero-order valence-corrected chi connectivity index (χ0v) is 9.84. The Morgan fingerprint density at radius 1 is 1.35 bits per heavy atom. The number of para-hydroxylation sites is 1. The third-order valence-corrected chi connectivity index (χ3v) is 1.76. The molecule has 0 fully saturated rings. The van der Waals surface area contributed by atoms with Crippen LogP contribution in [0.5, 0.6) is 0 Å². The van der Waals surface area contributed by atoms with E-state index in [1.54, 1.807) is 0 Å². The molecule has 0 aliphatic carbocycles. The van der Waals surface area contributed by atoms with Gasteiger partial charge in [-0.1, -0.05) is 24.8 Å². The van der Waals surface area contributed by atoms with Crippen molar-refractivity contribution in [1.29, 1.82) is 0 Å². The molecule has 94 valence electrons. The average Bonchev–Trinajstić information content (AvgIpc) is 2.36. The summed E-state index contributed by atoms with van der Waals surface area (Å²) in [6, 6.07) is 9.49. The topological polar surface area (TPSA) is 72.5 Å². The zero-order valence-electron chi connectivity index (χ0n) is 9.84. The molecule has 0 saturated heterocycles. The van der Waals surface area contributed by atoms with Crippen molar-refractivity contribution in [2.75, 3.05) is 18.9 Å². The molecule has 17 heavy (non-hydrogen) atoms. The number of anilines is 1. The first-order chi connectivity index (χ1) is 8.20. The molecule has 0 heterocycles. The highest BCUT2D eigenvalue weighted by Crippen LogP contribution is 1.95. The van der Waals surface area contributed by atoms with Crippen LogP contribution in [0.25, 0.3) is 0 Å². The second-order valence-corrected chi connectivity index (χ2v) is 3.21. The van der Waals surface area contributed by atoms with E-state index in [2.05, 4.69) is 11.3 Å². The monoisotopic (exact) mass is 237 g/mol. The number of rotatable bonds is 5. The standard InChI is InChI=1S/C7H12O3.C6H7N/c1-2-7(9)10-6-4-3-5-8;7-6-4-2-1-3-5-6/h2,8H,1,3-6H2;1-5H,7H2. The number of nitrogen functional groups attached to an aromatic ring is 1. The van der Waals surface area contributed by atoms with Crippen LogP contribution in [-0.4, -0.2) is 24.3 Å². The number of unbranched alkanes of at least 4 members (excludes halogenated alkanes) is 1. The zero-order chi connectivity index (χ0) is 12.9. The van der Waals surface area contributed by atoms with Crippen LogP contribution in [0.15, 0.2) is 43.0 Å². The minimum absolute atomic E-state index is 0.144. The fourth-order valence-electron chi connectivity index (χ4n) is 0.899. The number of ether oxygens (including phenoxy) is 1. The van der Waals surface area contributed by atoms with Gasteiger partial charge >= 0.3 is 5.97 Å². The summed E-state index contributed by atoms with van der Waals surface area (Å²) in [5.41, 5.74) is 6.18.